The monoisotopic (exact) mass is 394 g/mol. The number of hydrogen-bond donors (Lipinski definition) is 3. The maximum Gasteiger partial charge on any atom is 0.258 e. The van der Waals surface area contributed by atoms with E-state index < -0.39 is 6.04 Å². The van der Waals surface area contributed by atoms with E-state index in [4.69, 9.17) is 5.73 Å². The molecule has 4 N–H and O–H groups in total. The summed E-state index contributed by atoms with van der Waals surface area (Å²) in [4.78, 5) is 38.7. The molecule has 0 saturated carbocycles. The topological polar surface area (TPSA) is 105 Å². The first-order valence-corrected chi connectivity index (χ1v) is 9.70. The average molecular weight is 394 g/mol. The molecule has 3 amide bonds. The second kappa shape index (κ2) is 8.87. The number of benzene rings is 2. The van der Waals surface area contributed by atoms with Gasteiger partial charge in [0.2, 0.25) is 11.8 Å². The van der Waals surface area contributed by atoms with Crippen molar-refractivity contribution in [2.75, 3.05) is 23.3 Å². The van der Waals surface area contributed by atoms with Gasteiger partial charge in [-0.2, -0.15) is 0 Å². The molecule has 29 heavy (non-hydrogen) atoms. The third-order valence-electron chi connectivity index (χ3n) is 4.97. The molecule has 0 radical (unpaired) electrons. The Morgan fingerprint density at radius 1 is 1.10 bits per heavy atom. The number of amides is 3. The van der Waals surface area contributed by atoms with Crippen LogP contribution < -0.4 is 21.3 Å². The average Bonchev–Trinajstić information content (AvgIpc) is 3.15. The summed E-state index contributed by atoms with van der Waals surface area (Å²) in [6, 6.07) is 14.0. The zero-order chi connectivity index (χ0) is 21.0. The predicted octanol–water partition coefficient (Wildman–Crippen LogP) is 1.93. The van der Waals surface area contributed by atoms with Gasteiger partial charge in [0.1, 0.15) is 0 Å². The second-order valence-electron chi connectivity index (χ2n) is 7.45. The number of nitrogens with zero attached hydrogens (tertiary/aromatic N) is 1. The normalized spacial score (nSPS) is 13.7. The highest BCUT2D eigenvalue weighted by molar-refractivity contribution is 6.08. The molecule has 1 aliphatic heterocycles. The van der Waals surface area contributed by atoms with Gasteiger partial charge in [0, 0.05) is 23.5 Å². The Kier molecular flexibility index (Phi) is 6.29. The Morgan fingerprint density at radius 2 is 1.86 bits per heavy atom. The van der Waals surface area contributed by atoms with Crippen LogP contribution in [0.1, 0.15) is 29.8 Å². The highest BCUT2D eigenvalue weighted by atomic mass is 16.2. The number of nitrogens with one attached hydrogen (secondary N) is 2. The minimum Gasteiger partial charge on any atom is -0.346 e. The molecule has 1 heterocycles. The minimum absolute atomic E-state index is 0.0172. The molecule has 152 valence electrons. The van der Waals surface area contributed by atoms with Crippen molar-refractivity contribution in [3.05, 3.63) is 59.7 Å². The van der Waals surface area contributed by atoms with E-state index >= 15 is 0 Å². The van der Waals surface area contributed by atoms with Crippen LogP contribution >= 0.6 is 0 Å². The fourth-order valence-electron chi connectivity index (χ4n) is 3.23. The summed E-state index contributed by atoms with van der Waals surface area (Å²) in [7, 11) is 0. The molecule has 2 aromatic rings. The van der Waals surface area contributed by atoms with Crippen LogP contribution in [-0.2, 0) is 16.0 Å². The van der Waals surface area contributed by atoms with Crippen LogP contribution in [0.15, 0.2) is 48.5 Å². The zero-order valence-electron chi connectivity index (χ0n) is 16.6. The van der Waals surface area contributed by atoms with Gasteiger partial charge in [0.25, 0.3) is 5.91 Å². The van der Waals surface area contributed by atoms with Gasteiger partial charge in [0.05, 0.1) is 12.6 Å². The predicted molar refractivity (Wildman–Crippen MR) is 113 cm³/mol. The fourth-order valence-corrected chi connectivity index (χ4v) is 3.23. The number of anilines is 2. The maximum atomic E-state index is 12.9. The van der Waals surface area contributed by atoms with Gasteiger partial charge in [0.15, 0.2) is 0 Å². The molecule has 1 atom stereocenters. The third-order valence-corrected chi connectivity index (χ3v) is 4.97. The Morgan fingerprint density at radius 3 is 2.62 bits per heavy atom. The Balaban J connectivity index is 1.62. The van der Waals surface area contributed by atoms with E-state index in [9.17, 15) is 14.4 Å². The number of carbonyl (C=O) groups excluding carboxylic acids is 3. The van der Waals surface area contributed by atoms with Gasteiger partial charge in [-0.3, -0.25) is 14.4 Å². The number of fused-ring (bicyclic) bond motifs is 1. The lowest BCUT2D eigenvalue weighted by molar-refractivity contribution is -0.125. The fraction of sp³-hybridized carbons (Fsp3) is 0.318. The van der Waals surface area contributed by atoms with Gasteiger partial charge in [-0.25, -0.2) is 0 Å². The SMILES string of the molecule is CC(C)[C@H](N)C(=O)NCC(=O)Nc1cccc(C(=O)N2CCc3ccccc32)c1. The molecular weight excluding hydrogens is 368 g/mol. The van der Waals surface area contributed by atoms with E-state index in [-0.39, 0.29) is 30.2 Å². The van der Waals surface area contributed by atoms with Crippen molar-refractivity contribution in [1.29, 1.82) is 0 Å². The van der Waals surface area contributed by atoms with Crippen LogP contribution in [0, 0.1) is 5.92 Å². The van der Waals surface area contributed by atoms with Gasteiger partial charge in [-0.15, -0.1) is 0 Å². The highest BCUT2D eigenvalue weighted by Gasteiger charge is 2.25. The van der Waals surface area contributed by atoms with Gasteiger partial charge in [-0.1, -0.05) is 38.1 Å². The molecule has 0 bridgehead atoms. The van der Waals surface area contributed by atoms with Crippen molar-refractivity contribution in [2.24, 2.45) is 11.7 Å². The molecule has 7 heteroatoms. The molecule has 0 spiro atoms. The largest absolute Gasteiger partial charge is 0.346 e. The third kappa shape index (κ3) is 4.81. The summed E-state index contributed by atoms with van der Waals surface area (Å²) in [5.74, 6) is -0.879. The van der Waals surface area contributed by atoms with Crippen LogP contribution in [0.25, 0.3) is 0 Å². The van der Waals surface area contributed by atoms with Gasteiger partial charge < -0.3 is 21.3 Å². The van der Waals surface area contributed by atoms with E-state index in [2.05, 4.69) is 10.6 Å². The lowest BCUT2D eigenvalue weighted by Gasteiger charge is -2.18. The van der Waals surface area contributed by atoms with Gasteiger partial charge in [-0.05, 0) is 42.2 Å². The van der Waals surface area contributed by atoms with Crippen molar-refractivity contribution in [2.45, 2.75) is 26.3 Å². The molecule has 0 aromatic heterocycles. The molecule has 1 aliphatic rings. The molecule has 0 aliphatic carbocycles. The number of rotatable bonds is 6. The number of nitrogens with two attached hydrogens (primary N) is 1. The maximum absolute atomic E-state index is 12.9. The summed E-state index contributed by atoms with van der Waals surface area (Å²) in [6.07, 6.45) is 0.830. The Hall–Kier alpha value is -3.19. The first kappa shape index (κ1) is 20.5. The molecule has 0 unspecified atom stereocenters. The van der Waals surface area contributed by atoms with Crippen molar-refractivity contribution in [3.63, 3.8) is 0 Å². The van der Waals surface area contributed by atoms with Crippen molar-refractivity contribution in [1.82, 2.24) is 5.32 Å². The van der Waals surface area contributed by atoms with Crippen molar-refractivity contribution in [3.8, 4) is 0 Å². The highest BCUT2D eigenvalue weighted by Crippen LogP contribution is 2.29. The lowest BCUT2D eigenvalue weighted by atomic mass is 10.1. The summed E-state index contributed by atoms with van der Waals surface area (Å²) in [5.41, 5.74) is 8.83. The first-order valence-electron chi connectivity index (χ1n) is 9.70. The van der Waals surface area contributed by atoms with Crippen LogP contribution in [0.5, 0.6) is 0 Å². The standard InChI is InChI=1S/C22H26N4O3/c1-14(2)20(23)21(28)24-13-19(27)25-17-8-5-7-16(12-17)22(29)26-11-10-15-6-3-4-9-18(15)26/h3-9,12,14,20H,10-11,13,23H2,1-2H3,(H,24,28)(H,25,27)/t20-/m0/s1. The van der Waals surface area contributed by atoms with Crippen LogP contribution in [0.2, 0.25) is 0 Å². The van der Waals surface area contributed by atoms with Gasteiger partial charge >= 0.3 is 0 Å². The smallest absolute Gasteiger partial charge is 0.258 e. The molecule has 7 nitrogen and oxygen atoms in total. The van der Waals surface area contributed by atoms with Crippen LogP contribution in [0.3, 0.4) is 0 Å². The van der Waals surface area contributed by atoms with Crippen LogP contribution in [0.4, 0.5) is 11.4 Å². The second-order valence-corrected chi connectivity index (χ2v) is 7.45. The molecule has 0 fully saturated rings. The van der Waals surface area contributed by atoms with Crippen molar-refractivity contribution < 1.29 is 14.4 Å². The minimum atomic E-state index is -0.660. The molecule has 3 rings (SSSR count). The number of hydrogen-bond acceptors (Lipinski definition) is 4. The van der Waals surface area contributed by atoms with E-state index in [1.165, 1.54) is 0 Å². The Bertz CT molecular complexity index is 926. The van der Waals surface area contributed by atoms with Crippen LogP contribution in [-0.4, -0.2) is 36.9 Å². The summed E-state index contributed by atoms with van der Waals surface area (Å²) in [6.45, 7) is 4.13. The van der Waals surface area contributed by atoms with E-state index in [0.29, 0.717) is 17.8 Å². The number of para-hydroxylation sites is 1. The summed E-state index contributed by atoms with van der Waals surface area (Å²) < 4.78 is 0. The van der Waals surface area contributed by atoms with E-state index in [1.807, 2.05) is 38.1 Å². The van der Waals surface area contributed by atoms with E-state index in [1.54, 1.807) is 29.2 Å². The lowest BCUT2D eigenvalue weighted by Crippen LogP contribution is -2.46. The zero-order valence-corrected chi connectivity index (χ0v) is 16.6. The van der Waals surface area contributed by atoms with E-state index in [0.717, 1.165) is 17.7 Å². The summed E-state index contributed by atoms with van der Waals surface area (Å²) in [5, 5.41) is 5.23. The number of carbonyl (C=O) groups is 3. The molecule has 0 saturated heterocycles. The summed E-state index contributed by atoms with van der Waals surface area (Å²) >= 11 is 0. The van der Waals surface area contributed by atoms with Crippen molar-refractivity contribution >= 4 is 29.1 Å². The quantitative estimate of drug-likeness (QED) is 0.696. The molecular formula is C22H26N4O3. The molecule has 2 aromatic carbocycles. The first-order chi connectivity index (χ1) is 13.9. The Labute approximate surface area is 170 Å².